The van der Waals surface area contributed by atoms with Gasteiger partial charge < -0.3 is 0 Å². The van der Waals surface area contributed by atoms with Crippen LogP contribution in [0.2, 0.25) is 0 Å². The second kappa shape index (κ2) is 5.37. The Balaban J connectivity index is 2.11. The van der Waals surface area contributed by atoms with E-state index in [0.29, 0.717) is 17.9 Å². The molecule has 0 amide bonds. The molecule has 0 saturated heterocycles. The highest BCUT2D eigenvalue weighted by Crippen LogP contribution is 2.17. The number of aryl methyl sites for hydroxylation is 1. The molecule has 2 aromatic rings. The lowest BCUT2D eigenvalue weighted by Gasteiger charge is -1.98. The standard InChI is InChI=1S/C11H10ClFN2S/c12-6-5-10-14-15-11(16-10)7-8-3-1-2-4-9(8)13/h1-4H,5-7H2. The van der Waals surface area contributed by atoms with Crippen molar-refractivity contribution in [2.24, 2.45) is 0 Å². The summed E-state index contributed by atoms with van der Waals surface area (Å²) in [5.41, 5.74) is 0.649. The van der Waals surface area contributed by atoms with Crippen LogP contribution in [0.5, 0.6) is 0 Å². The molecule has 1 aromatic heterocycles. The maximum atomic E-state index is 13.4. The zero-order valence-corrected chi connectivity index (χ0v) is 10.1. The highest BCUT2D eigenvalue weighted by Gasteiger charge is 2.07. The van der Waals surface area contributed by atoms with Gasteiger partial charge in [0.15, 0.2) is 0 Å². The summed E-state index contributed by atoms with van der Waals surface area (Å²) in [6.45, 7) is 0. The molecule has 0 saturated carbocycles. The summed E-state index contributed by atoms with van der Waals surface area (Å²) in [6.07, 6.45) is 1.21. The molecule has 0 bridgehead atoms. The molecule has 5 heteroatoms. The molecule has 0 aliphatic carbocycles. The van der Waals surface area contributed by atoms with Gasteiger partial charge in [0.2, 0.25) is 0 Å². The third kappa shape index (κ3) is 2.77. The first-order chi connectivity index (χ1) is 7.79. The lowest BCUT2D eigenvalue weighted by atomic mass is 10.1. The summed E-state index contributed by atoms with van der Waals surface area (Å²) in [6, 6.07) is 6.71. The van der Waals surface area contributed by atoms with Crippen molar-refractivity contribution in [2.45, 2.75) is 12.8 Å². The Bertz CT molecular complexity index is 473. The van der Waals surface area contributed by atoms with Gasteiger partial charge in [0.1, 0.15) is 15.8 Å². The molecule has 2 rings (SSSR count). The van der Waals surface area contributed by atoms with Crippen LogP contribution in [0.1, 0.15) is 15.6 Å². The topological polar surface area (TPSA) is 25.8 Å². The lowest BCUT2D eigenvalue weighted by Crippen LogP contribution is -1.91. The van der Waals surface area contributed by atoms with Crippen molar-refractivity contribution in [3.63, 3.8) is 0 Å². The predicted octanol–water partition coefficient (Wildman–Crippen LogP) is 3.05. The van der Waals surface area contributed by atoms with Gasteiger partial charge >= 0.3 is 0 Å². The fourth-order valence-electron chi connectivity index (χ4n) is 1.35. The molecule has 16 heavy (non-hydrogen) atoms. The van der Waals surface area contributed by atoms with E-state index in [9.17, 15) is 4.39 Å². The predicted molar refractivity (Wildman–Crippen MR) is 63.5 cm³/mol. The number of hydrogen-bond donors (Lipinski definition) is 0. The van der Waals surface area contributed by atoms with E-state index in [1.807, 2.05) is 6.07 Å². The summed E-state index contributed by atoms with van der Waals surface area (Å²) in [4.78, 5) is 0. The maximum absolute atomic E-state index is 13.4. The molecular formula is C11H10ClFN2S. The van der Waals surface area contributed by atoms with Crippen LogP contribution in [0.4, 0.5) is 4.39 Å². The van der Waals surface area contributed by atoms with Crippen LogP contribution in [0.25, 0.3) is 0 Å². The Labute approximate surface area is 102 Å². The fourth-order valence-corrected chi connectivity index (χ4v) is 2.50. The Morgan fingerprint density at radius 2 is 1.94 bits per heavy atom. The summed E-state index contributed by atoms with van der Waals surface area (Å²) in [5, 5.41) is 9.74. The highest BCUT2D eigenvalue weighted by molar-refractivity contribution is 7.11. The van der Waals surface area contributed by atoms with Gasteiger partial charge in [-0.15, -0.1) is 33.1 Å². The number of alkyl halides is 1. The minimum absolute atomic E-state index is 0.198. The lowest BCUT2D eigenvalue weighted by molar-refractivity contribution is 0.613. The van der Waals surface area contributed by atoms with E-state index >= 15 is 0 Å². The van der Waals surface area contributed by atoms with Gasteiger partial charge in [0, 0.05) is 18.7 Å². The second-order valence-electron chi connectivity index (χ2n) is 3.30. The van der Waals surface area contributed by atoms with E-state index in [1.54, 1.807) is 12.1 Å². The first-order valence-electron chi connectivity index (χ1n) is 4.90. The van der Waals surface area contributed by atoms with Gasteiger partial charge in [-0.05, 0) is 11.6 Å². The zero-order chi connectivity index (χ0) is 11.4. The van der Waals surface area contributed by atoms with Crippen molar-refractivity contribution in [3.8, 4) is 0 Å². The largest absolute Gasteiger partial charge is 0.207 e. The molecule has 1 aromatic carbocycles. The number of hydrogen-bond acceptors (Lipinski definition) is 3. The molecular weight excluding hydrogens is 247 g/mol. The first-order valence-corrected chi connectivity index (χ1v) is 6.25. The molecule has 0 N–H and O–H groups in total. The van der Waals surface area contributed by atoms with Crippen molar-refractivity contribution in [1.29, 1.82) is 0 Å². The van der Waals surface area contributed by atoms with Gasteiger partial charge in [-0.2, -0.15) is 0 Å². The van der Waals surface area contributed by atoms with Crippen molar-refractivity contribution >= 4 is 22.9 Å². The maximum Gasteiger partial charge on any atom is 0.126 e. The van der Waals surface area contributed by atoms with Gasteiger partial charge in [-0.1, -0.05) is 18.2 Å². The van der Waals surface area contributed by atoms with E-state index in [2.05, 4.69) is 10.2 Å². The smallest absolute Gasteiger partial charge is 0.126 e. The molecule has 0 spiro atoms. The van der Waals surface area contributed by atoms with Gasteiger partial charge in [0.25, 0.3) is 0 Å². The first kappa shape index (κ1) is 11.5. The third-order valence-corrected chi connectivity index (χ3v) is 3.29. The molecule has 2 nitrogen and oxygen atoms in total. The Hall–Kier alpha value is -1.00. The third-order valence-electron chi connectivity index (χ3n) is 2.12. The minimum Gasteiger partial charge on any atom is -0.207 e. The van der Waals surface area contributed by atoms with Gasteiger partial charge in [-0.25, -0.2) is 4.39 Å². The molecule has 1 heterocycles. The van der Waals surface area contributed by atoms with Crippen LogP contribution in [-0.4, -0.2) is 16.1 Å². The van der Waals surface area contributed by atoms with E-state index in [0.717, 1.165) is 16.4 Å². The number of aromatic nitrogens is 2. The number of benzene rings is 1. The Morgan fingerprint density at radius 3 is 2.69 bits per heavy atom. The minimum atomic E-state index is -0.198. The molecule has 0 unspecified atom stereocenters. The van der Waals surface area contributed by atoms with Gasteiger partial charge in [0.05, 0.1) is 0 Å². The monoisotopic (exact) mass is 256 g/mol. The van der Waals surface area contributed by atoms with E-state index in [4.69, 9.17) is 11.6 Å². The van der Waals surface area contributed by atoms with Crippen LogP contribution in [0, 0.1) is 5.82 Å². The van der Waals surface area contributed by atoms with Crippen molar-refractivity contribution in [3.05, 3.63) is 45.7 Å². The molecule has 0 radical (unpaired) electrons. The van der Waals surface area contributed by atoms with E-state index in [1.165, 1.54) is 17.4 Å². The summed E-state index contributed by atoms with van der Waals surface area (Å²) in [7, 11) is 0. The molecule has 0 aliphatic rings. The fraction of sp³-hybridized carbons (Fsp3) is 0.273. The summed E-state index contributed by atoms with van der Waals surface area (Å²) in [5.74, 6) is 0.338. The Morgan fingerprint density at radius 1 is 1.19 bits per heavy atom. The van der Waals surface area contributed by atoms with E-state index in [-0.39, 0.29) is 5.82 Å². The van der Waals surface area contributed by atoms with Crippen LogP contribution >= 0.6 is 22.9 Å². The zero-order valence-electron chi connectivity index (χ0n) is 8.49. The van der Waals surface area contributed by atoms with Crippen LogP contribution < -0.4 is 0 Å². The molecule has 0 atom stereocenters. The van der Waals surface area contributed by atoms with Crippen LogP contribution in [0.3, 0.4) is 0 Å². The number of nitrogens with zero attached hydrogens (tertiary/aromatic N) is 2. The molecule has 84 valence electrons. The molecule has 0 aliphatic heterocycles. The van der Waals surface area contributed by atoms with Crippen LogP contribution in [0.15, 0.2) is 24.3 Å². The van der Waals surface area contributed by atoms with Crippen molar-refractivity contribution in [2.75, 3.05) is 5.88 Å². The summed E-state index contributed by atoms with van der Waals surface area (Å²) < 4.78 is 13.4. The van der Waals surface area contributed by atoms with Gasteiger partial charge in [-0.3, -0.25) is 0 Å². The molecule has 0 fully saturated rings. The highest BCUT2D eigenvalue weighted by atomic mass is 35.5. The second-order valence-corrected chi connectivity index (χ2v) is 4.82. The quantitative estimate of drug-likeness (QED) is 0.786. The number of rotatable bonds is 4. The van der Waals surface area contributed by atoms with Crippen molar-refractivity contribution in [1.82, 2.24) is 10.2 Å². The average molecular weight is 257 g/mol. The average Bonchev–Trinajstić information content (AvgIpc) is 2.70. The summed E-state index contributed by atoms with van der Waals surface area (Å²) >= 11 is 7.10. The Kier molecular flexibility index (Phi) is 3.85. The SMILES string of the molecule is Fc1ccccc1Cc1nnc(CCCl)s1. The van der Waals surface area contributed by atoms with E-state index < -0.39 is 0 Å². The van der Waals surface area contributed by atoms with Crippen molar-refractivity contribution < 1.29 is 4.39 Å². The number of halogens is 2. The normalized spacial score (nSPS) is 10.6. The van der Waals surface area contributed by atoms with Crippen LogP contribution in [-0.2, 0) is 12.8 Å².